The van der Waals surface area contributed by atoms with Crippen LogP contribution in [0.1, 0.15) is 34.5 Å². The van der Waals surface area contributed by atoms with Crippen LogP contribution in [-0.4, -0.2) is 11.8 Å². The van der Waals surface area contributed by atoms with E-state index < -0.39 is 0 Å². The van der Waals surface area contributed by atoms with Crippen molar-refractivity contribution in [3.8, 4) is 6.07 Å². The molecular formula is C11H11N3OS. The minimum Gasteiger partial charge on any atom is -0.396 e. The molecule has 16 heavy (non-hydrogen) atoms. The van der Waals surface area contributed by atoms with Crippen molar-refractivity contribution in [3.63, 3.8) is 0 Å². The summed E-state index contributed by atoms with van der Waals surface area (Å²) >= 11 is 1.33. The molecule has 82 valence electrons. The fraction of sp³-hybridized carbons (Fsp3) is 0.455. The van der Waals surface area contributed by atoms with Crippen molar-refractivity contribution in [2.75, 3.05) is 11.1 Å². The molecule has 0 spiro atoms. The van der Waals surface area contributed by atoms with Gasteiger partial charge in [-0.3, -0.25) is 4.79 Å². The van der Waals surface area contributed by atoms with Gasteiger partial charge in [0.25, 0.3) is 0 Å². The molecule has 0 radical (unpaired) electrons. The normalized spacial score (nSPS) is 26.8. The van der Waals surface area contributed by atoms with Crippen LogP contribution >= 0.6 is 11.3 Å². The number of rotatable bonds is 0. The molecular weight excluding hydrogens is 222 g/mol. The summed E-state index contributed by atoms with van der Waals surface area (Å²) in [6.45, 7) is 0. The smallest absolute Gasteiger partial charge is 0.180 e. The first-order valence-corrected chi connectivity index (χ1v) is 6.17. The zero-order valence-electron chi connectivity index (χ0n) is 8.62. The van der Waals surface area contributed by atoms with Crippen LogP contribution < -0.4 is 11.1 Å². The van der Waals surface area contributed by atoms with Crippen molar-refractivity contribution in [1.29, 1.82) is 5.26 Å². The van der Waals surface area contributed by atoms with Gasteiger partial charge in [0, 0.05) is 12.0 Å². The zero-order chi connectivity index (χ0) is 11.3. The Hall–Kier alpha value is -1.54. The highest BCUT2D eigenvalue weighted by Gasteiger charge is 2.39. The number of carbonyl (C=O) groups is 1. The number of nitrogens with one attached hydrogen (secondary N) is 1. The highest BCUT2D eigenvalue weighted by Crippen LogP contribution is 2.44. The van der Waals surface area contributed by atoms with Crippen LogP contribution in [-0.2, 0) is 0 Å². The molecule has 2 atom stereocenters. The van der Waals surface area contributed by atoms with Crippen molar-refractivity contribution in [3.05, 3.63) is 10.4 Å². The Bertz CT molecular complexity index is 514. The summed E-state index contributed by atoms with van der Waals surface area (Å²) in [4.78, 5) is 12.8. The van der Waals surface area contributed by atoms with Crippen LogP contribution in [0, 0.1) is 17.2 Å². The number of hydrogen-bond donors (Lipinski definition) is 2. The van der Waals surface area contributed by atoms with Crippen LogP contribution in [0.4, 0.5) is 10.7 Å². The lowest BCUT2D eigenvalue weighted by Gasteiger charge is -2.19. The third kappa shape index (κ3) is 1.11. The Balaban J connectivity index is 2.16. The second-order valence-electron chi connectivity index (χ2n) is 4.31. The molecule has 1 aliphatic heterocycles. The van der Waals surface area contributed by atoms with Gasteiger partial charge in [-0.25, -0.2) is 0 Å². The van der Waals surface area contributed by atoms with Crippen molar-refractivity contribution < 1.29 is 4.79 Å². The Morgan fingerprint density at radius 1 is 1.50 bits per heavy atom. The largest absolute Gasteiger partial charge is 0.396 e. The highest BCUT2D eigenvalue weighted by atomic mass is 32.1. The van der Waals surface area contributed by atoms with Crippen LogP contribution in [0.3, 0.4) is 0 Å². The number of nitriles is 1. The summed E-state index contributed by atoms with van der Waals surface area (Å²) in [6, 6.07) is 2.27. The number of fused-ring (bicyclic) bond motifs is 3. The monoisotopic (exact) mass is 233 g/mol. The number of carbonyl (C=O) groups excluding carboxylic acids is 1. The van der Waals surface area contributed by atoms with Gasteiger partial charge in [0.1, 0.15) is 16.6 Å². The SMILES string of the molecule is N#Cc1c2sc(c1N)C(=O)C1CCCC1N2. The second kappa shape index (κ2) is 3.22. The molecule has 2 aliphatic rings. The number of nitrogen functional groups attached to an aromatic ring is 1. The number of nitrogens with two attached hydrogens (primary N) is 1. The number of Topliss-reactive ketones (excluding diaryl/α,β-unsaturated/α-hetero) is 1. The molecule has 2 unspecified atom stereocenters. The van der Waals surface area contributed by atoms with Crippen molar-refractivity contribution in [2.24, 2.45) is 5.92 Å². The van der Waals surface area contributed by atoms with Crippen LogP contribution in [0.5, 0.6) is 0 Å². The quantitative estimate of drug-likeness (QED) is 0.718. The molecule has 2 heterocycles. The van der Waals surface area contributed by atoms with E-state index in [9.17, 15) is 4.79 Å². The van der Waals surface area contributed by atoms with Gasteiger partial charge in [-0.1, -0.05) is 6.42 Å². The van der Waals surface area contributed by atoms with E-state index in [4.69, 9.17) is 11.0 Å². The Morgan fingerprint density at radius 2 is 2.31 bits per heavy atom. The third-order valence-corrected chi connectivity index (χ3v) is 4.60. The molecule has 5 heteroatoms. The van der Waals surface area contributed by atoms with Gasteiger partial charge in [-0.05, 0) is 12.8 Å². The summed E-state index contributed by atoms with van der Waals surface area (Å²) in [6.07, 6.45) is 3.01. The number of thiophene rings is 1. The van der Waals surface area contributed by atoms with Gasteiger partial charge in [0.15, 0.2) is 5.78 Å². The van der Waals surface area contributed by atoms with Gasteiger partial charge < -0.3 is 11.1 Å². The van der Waals surface area contributed by atoms with Crippen LogP contribution in [0.25, 0.3) is 0 Å². The molecule has 3 rings (SSSR count). The fourth-order valence-electron chi connectivity index (χ4n) is 2.62. The summed E-state index contributed by atoms with van der Waals surface area (Å²) in [5.41, 5.74) is 6.64. The van der Waals surface area contributed by atoms with E-state index in [1.54, 1.807) is 0 Å². The van der Waals surface area contributed by atoms with E-state index >= 15 is 0 Å². The van der Waals surface area contributed by atoms with E-state index in [-0.39, 0.29) is 17.7 Å². The summed E-state index contributed by atoms with van der Waals surface area (Å²) in [7, 11) is 0. The molecule has 1 aromatic rings. The molecule has 1 aromatic heterocycles. The predicted octanol–water partition coefficient (Wildman–Crippen LogP) is 1.98. The first-order chi connectivity index (χ1) is 7.72. The molecule has 0 aromatic carbocycles. The predicted molar refractivity (Wildman–Crippen MR) is 62.5 cm³/mol. The molecule has 1 saturated carbocycles. The van der Waals surface area contributed by atoms with Crippen molar-refractivity contribution in [2.45, 2.75) is 25.3 Å². The molecule has 3 N–H and O–H groups in total. The molecule has 0 saturated heterocycles. The molecule has 2 bridgehead atoms. The maximum atomic E-state index is 12.2. The number of nitrogens with zero attached hydrogens (tertiary/aromatic N) is 1. The molecule has 0 amide bonds. The van der Waals surface area contributed by atoms with E-state index in [0.717, 1.165) is 24.3 Å². The number of anilines is 2. The van der Waals surface area contributed by atoms with E-state index in [0.29, 0.717) is 16.1 Å². The average Bonchev–Trinajstić information content (AvgIpc) is 2.80. The number of hydrogen-bond acceptors (Lipinski definition) is 5. The Kier molecular flexibility index (Phi) is 1.95. The zero-order valence-corrected chi connectivity index (χ0v) is 9.43. The number of ketones is 1. The molecule has 1 fully saturated rings. The minimum atomic E-state index is 0.0544. The second-order valence-corrected chi connectivity index (χ2v) is 5.33. The topological polar surface area (TPSA) is 78.9 Å². The standard InChI is InChI=1S/C11H11N3OS/c12-4-6-8(13)10-9(15)5-2-1-3-7(5)14-11(6)16-10/h5,7,14H,1-3,13H2. The average molecular weight is 233 g/mol. The summed E-state index contributed by atoms with van der Waals surface area (Å²) in [5.74, 6) is 0.177. The van der Waals surface area contributed by atoms with Crippen LogP contribution in [0.15, 0.2) is 0 Å². The van der Waals surface area contributed by atoms with E-state index in [1.165, 1.54) is 11.3 Å². The highest BCUT2D eigenvalue weighted by molar-refractivity contribution is 7.19. The Morgan fingerprint density at radius 3 is 3.06 bits per heavy atom. The summed E-state index contributed by atoms with van der Waals surface area (Å²) in [5, 5.41) is 13.1. The van der Waals surface area contributed by atoms with Gasteiger partial charge in [-0.15, -0.1) is 11.3 Å². The van der Waals surface area contributed by atoms with Gasteiger partial charge in [0.2, 0.25) is 0 Å². The van der Waals surface area contributed by atoms with Crippen molar-refractivity contribution in [1.82, 2.24) is 0 Å². The molecule has 4 nitrogen and oxygen atoms in total. The van der Waals surface area contributed by atoms with E-state index in [2.05, 4.69) is 11.4 Å². The third-order valence-electron chi connectivity index (χ3n) is 3.45. The first kappa shape index (κ1) is 9.67. The van der Waals surface area contributed by atoms with E-state index in [1.807, 2.05) is 0 Å². The van der Waals surface area contributed by atoms with Crippen LogP contribution in [0.2, 0.25) is 0 Å². The fourth-order valence-corrected chi connectivity index (χ4v) is 3.76. The maximum Gasteiger partial charge on any atom is 0.180 e. The lowest BCUT2D eigenvalue weighted by Crippen LogP contribution is -2.29. The van der Waals surface area contributed by atoms with Gasteiger partial charge >= 0.3 is 0 Å². The lowest BCUT2D eigenvalue weighted by molar-refractivity contribution is 0.0922. The minimum absolute atomic E-state index is 0.0544. The summed E-state index contributed by atoms with van der Waals surface area (Å²) < 4.78 is 0. The maximum absolute atomic E-state index is 12.2. The van der Waals surface area contributed by atoms with Crippen molar-refractivity contribution >= 4 is 27.8 Å². The first-order valence-electron chi connectivity index (χ1n) is 5.35. The van der Waals surface area contributed by atoms with Gasteiger partial charge in [-0.2, -0.15) is 5.26 Å². The lowest BCUT2D eigenvalue weighted by atomic mass is 9.95. The van der Waals surface area contributed by atoms with Gasteiger partial charge in [0.05, 0.1) is 10.6 Å². The molecule has 1 aliphatic carbocycles. The Labute approximate surface area is 97.1 Å².